The Morgan fingerprint density at radius 1 is 1.22 bits per heavy atom. The van der Waals surface area contributed by atoms with Gasteiger partial charge in [-0.2, -0.15) is 0 Å². The molecule has 1 rings (SSSR count). The second-order valence-electron chi connectivity index (χ2n) is 5.32. The van der Waals surface area contributed by atoms with Crippen LogP contribution in [0.4, 0.5) is 11.4 Å². The van der Waals surface area contributed by atoms with Gasteiger partial charge in [0.05, 0.1) is 16.4 Å². The third-order valence-electron chi connectivity index (χ3n) is 2.77. The highest BCUT2D eigenvalue weighted by atomic mass is 35.5. The van der Waals surface area contributed by atoms with Gasteiger partial charge in [-0.1, -0.05) is 31.5 Å². The maximum Gasteiger partial charge on any atom is 0.0741 e. The van der Waals surface area contributed by atoms with Gasteiger partial charge in [-0.3, -0.25) is 0 Å². The van der Waals surface area contributed by atoms with Gasteiger partial charge in [0.1, 0.15) is 0 Å². The molecule has 0 saturated carbocycles. The standard InChI is InChI=1S/C14H24ClN3/c1-11(2)10-18(9-8-17(3)4)13-7-5-6-12(15)14(13)16/h5-7,11H,8-10,16H2,1-4H3. The Labute approximate surface area is 116 Å². The summed E-state index contributed by atoms with van der Waals surface area (Å²) in [5, 5.41) is 0.631. The number of hydrogen-bond acceptors (Lipinski definition) is 3. The minimum Gasteiger partial charge on any atom is -0.396 e. The smallest absolute Gasteiger partial charge is 0.0741 e. The van der Waals surface area contributed by atoms with Gasteiger partial charge in [0.2, 0.25) is 0 Å². The molecule has 1 aromatic carbocycles. The fourth-order valence-electron chi connectivity index (χ4n) is 1.87. The lowest BCUT2D eigenvalue weighted by atomic mass is 10.1. The van der Waals surface area contributed by atoms with Crippen molar-refractivity contribution >= 4 is 23.0 Å². The summed E-state index contributed by atoms with van der Waals surface area (Å²) in [6.07, 6.45) is 0. The molecular formula is C14H24ClN3. The van der Waals surface area contributed by atoms with Crippen molar-refractivity contribution in [2.75, 3.05) is 44.4 Å². The average molecular weight is 270 g/mol. The van der Waals surface area contributed by atoms with Gasteiger partial charge in [0.25, 0.3) is 0 Å². The molecule has 4 heteroatoms. The molecule has 0 aliphatic heterocycles. The molecule has 0 radical (unpaired) electrons. The highest BCUT2D eigenvalue weighted by Crippen LogP contribution is 2.30. The number of nitrogen functional groups attached to an aromatic ring is 1. The van der Waals surface area contributed by atoms with E-state index in [2.05, 4.69) is 37.7 Å². The molecule has 0 bridgehead atoms. The topological polar surface area (TPSA) is 32.5 Å². The van der Waals surface area contributed by atoms with Crippen molar-refractivity contribution in [3.05, 3.63) is 23.2 Å². The first-order valence-corrected chi connectivity index (χ1v) is 6.73. The van der Waals surface area contributed by atoms with Gasteiger partial charge >= 0.3 is 0 Å². The lowest BCUT2D eigenvalue weighted by molar-refractivity contribution is 0.409. The molecule has 0 heterocycles. The second kappa shape index (κ2) is 6.86. The number of nitrogens with two attached hydrogens (primary N) is 1. The van der Waals surface area contributed by atoms with Gasteiger partial charge in [0, 0.05) is 19.6 Å². The van der Waals surface area contributed by atoms with Gasteiger partial charge in [0.15, 0.2) is 0 Å². The lowest BCUT2D eigenvalue weighted by Gasteiger charge is -2.29. The molecule has 0 atom stereocenters. The molecule has 1 aromatic rings. The first-order chi connectivity index (χ1) is 8.41. The molecule has 0 aromatic heterocycles. The van der Waals surface area contributed by atoms with Crippen LogP contribution in [0.2, 0.25) is 5.02 Å². The SMILES string of the molecule is CC(C)CN(CCN(C)C)c1cccc(Cl)c1N. The van der Waals surface area contributed by atoms with Crippen LogP contribution in [-0.4, -0.2) is 38.6 Å². The van der Waals surface area contributed by atoms with E-state index < -0.39 is 0 Å². The number of para-hydroxylation sites is 1. The van der Waals surface area contributed by atoms with E-state index in [1.165, 1.54) is 0 Å². The molecule has 3 nitrogen and oxygen atoms in total. The Balaban J connectivity index is 2.90. The zero-order valence-corrected chi connectivity index (χ0v) is 12.5. The van der Waals surface area contributed by atoms with E-state index in [1.54, 1.807) is 0 Å². The van der Waals surface area contributed by atoms with Crippen LogP contribution in [0.25, 0.3) is 0 Å². The zero-order valence-electron chi connectivity index (χ0n) is 11.8. The highest BCUT2D eigenvalue weighted by Gasteiger charge is 2.13. The summed E-state index contributed by atoms with van der Waals surface area (Å²) in [6.45, 7) is 7.36. The van der Waals surface area contributed by atoms with Crippen molar-refractivity contribution in [3.63, 3.8) is 0 Å². The van der Waals surface area contributed by atoms with E-state index in [0.717, 1.165) is 25.3 Å². The van der Waals surface area contributed by atoms with Crippen LogP contribution < -0.4 is 10.6 Å². The molecule has 18 heavy (non-hydrogen) atoms. The minimum atomic E-state index is 0.588. The first-order valence-electron chi connectivity index (χ1n) is 6.35. The Bertz CT molecular complexity index is 377. The minimum absolute atomic E-state index is 0.588. The molecule has 0 fully saturated rings. The van der Waals surface area contributed by atoms with Crippen molar-refractivity contribution < 1.29 is 0 Å². The molecule has 2 N–H and O–H groups in total. The quantitative estimate of drug-likeness (QED) is 0.806. The van der Waals surface area contributed by atoms with Crippen molar-refractivity contribution in [2.45, 2.75) is 13.8 Å². The van der Waals surface area contributed by atoms with E-state index in [-0.39, 0.29) is 0 Å². The molecule has 102 valence electrons. The Morgan fingerprint density at radius 2 is 1.89 bits per heavy atom. The van der Waals surface area contributed by atoms with Crippen LogP contribution in [0.1, 0.15) is 13.8 Å². The summed E-state index contributed by atoms with van der Waals surface area (Å²) in [6, 6.07) is 5.83. The number of hydrogen-bond donors (Lipinski definition) is 1. The summed E-state index contributed by atoms with van der Waals surface area (Å²) in [4.78, 5) is 4.49. The maximum atomic E-state index is 6.10. The van der Waals surface area contributed by atoms with Crippen molar-refractivity contribution in [3.8, 4) is 0 Å². The number of likely N-dealkylation sites (N-methyl/N-ethyl adjacent to an activating group) is 1. The molecule has 0 aliphatic carbocycles. The zero-order chi connectivity index (χ0) is 13.7. The third-order valence-corrected chi connectivity index (χ3v) is 3.10. The number of rotatable bonds is 6. The monoisotopic (exact) mass is 269 g/mol. The Morgan fingerprint density at radius 3 is 2.44 bits per heavy atom. The molecular weight excluding hydrogens is 246 g/mol. The van der Waals surface area contributed by atoms with E-state index in [0.29, 0.717) is 16.6 Å². The predicted molar refractivity (Wildman–Crippen MR) is 81.5 cm³/mol. The fourth-order valence-corrected chi connectivity index (χ4v) is 2.04. The first kappa shape index (κ1) is 15.1. The second-order valence-corrected chi connectivity index (χ2v) is 5.72. The molecule has 0 spiro atoms. The summed E-state index contributed by atoms with van der Waals surface area (Å²) in [5.74, 6) is 0.588. The maximum absolute atomic E-state index is 6.10. The van der Waals surface area contributed by atoms with Crippen molar-refractivity contribution in [1.82, 2.24) is 4.90 Å². The largest absolute Gasteiger partial charge is 0.396 e. The molecule has 0 amide bonds. The molecule has 0 aliphatic rings. The highest BCUT2D eigenvalue weighted by molar-refractivity contribution is 6.33. The van der Waals surface area contributed by atoms with Crippen molar-refractivity contribution in [2.24, 2.45) is 5.92 Å². The van der Waals surface area contributed by atoms with Crippen LogP contribution in [0.15, 0.2) is 18.2 Å². The van der Waals surface area contributed by atoms with E-state index >= 15 is 0 Å². The van der Waals surface area contributed by atoms with Crippen LogP contribution in [0, 0.1) is 5.92 Å². The third kappa shape index (κ3) is 4.39. The molecule has 0 saturated heterocycles. The number of halogens is 1. The normalized spacial score (nSPS) is 11.3. The van der Waals surface area contributed by atoms with E-state index in [9.17, 15) is 0 Å². The van der Waals surface area contributed by atoms with Gasteiger partial charge in [-0.25, -0.2) is 0 Å². The molecule has 0 unspecified atom stereocenters. The Kier molecular flexibility index (Phi) is 5.76. The summed E-state index contributed by atoms with van der Waals surface area (Å²) < 4.78 is 0. The Hall–Kier alpha value is -0.930. The van der Waals surface area contributed by atoms with Crippen LogP contribution in [0.5, 0.6) is 0 Å². The summed E-state index contributed by atoms with van der Waals surface area (Å²) >= 11 is 6.10. The number of benzene rings is 1. The van der Waals surface area contributed by atoms with Crippen LogP contribution in [-0.2, 0) is 0 Å². The lowest BCUT2D eigenvalue weighted by Crippen LogP contribution is -2.34. The number of nitrogens with zero attached hydrogens (tertiary/aromatic N) is 2. The van der Waals surface area contributed by atoms with E-state index in [1.807, 2.05) is 18.2 Å². The van der Waals surface area contributed by atoms with Gasteiger partial charge < -0.3 is 15.5 Å². The summed E-state index contributed by atoms with van der Waals surface area (Å²) in [5.41, 5.74) is 7.80. The summed E-state index contributed by atoms with van der Waals surface area (Å²) in [7, 11) is 4.16. The van der Waals surface area contributed by atoms with Crippen LogP contribution >= 0.6 is 11.6 Å². The fraction of sp³-hybridized carbons (Fsp3) is 0.571. The van der Waals surface area contributed by atoms with Gasteiger partial charge in [-0.15, -0.1) is 0 Å². The number of anilines is 2. The predicted octanol–water partition coefficient (Wildman–Crippen LogP) is 2.95. The van der Waals surface area contributed by atoms with Crippen LogP contribution in [0.3, 0.4) is 0 Å². The average Bonchev–Trinajstić information content (AvgIpc) is 2.27. The van der Waals surface area contributed by atoms with Crippen molar-refractivity contribution in [1.29, 1.82) is 0 Å². The van der Waals surface area contributed by atoms with Gasteiger partial charge in [-0.05, 0) is 32.1 Å². The van der Waals surface area contributed by atoms with E-state index in [4.69, 9.17) is 17.3 Å².